The lowest BCUT2D eigenvalue weighted by atomic mass is 9.98. The Balaban J connectivity index is 2.86. The van der Waals surface area contributed by atoms with Gasteiger partial charge in [-0.3, -0.25) is 4.98 Å². The Bertz CT molecular complexity index is 302. The van der Waals surface area contributed by atoms with E-state index < -0.39 is 11.4 Å². The molecule has 1 atom stereocenters. The first kappa shape index (κ1) is 11.1. The van der Waals surface area contributed by atoms with E-state index in [4.69, 9.17) is 4.74 Å². The van der Waals surface area contributed by atoms with E-state index in [9.17, 15) is 9.50 Å². The van der Waals surface area contributed by atoms with Gasteiger partial charge in [0.15, 0.2) is 0 Å². The van der Waals surface area contributed by atoms with Crippen LogP contribution in [-0.2, 0) is 10.3 Å². The predicted molar refractivity (Wildman–Crippen MR) is 50.3 cm³/mol. The van der Waals surface area contributed by atoms with E-state index in [0.717, 1.165) is 6.20 Å². The van der Waals surface area contributed by atoms with Crippen LogP contribution in [0.15, 0.2) is 18.5 Å². The smallest absolute Gasteiger partial charge is 0.147 e. The fourth-order valence-electron chi connectivity index (χ4n) is 1.19. The van der Waals surface area contributed by atoms with Gasteiger partial charge in [0, 0.05) is 18.4 Å². The highest BCUT2D eigenvalue weighted by Gasteiger charge is 2.26. The van der Waals surface area contributed by atoms with Gasteiger partial charge in [-0.1, -0.05) is 0 Å². The van der Waals surface area contributed by atoms with Crippen LogP contribution >= 0.6 is 0 Å². The Morgan fingerprint density at radius 3 is 2.93 bits per heavy atom. The molecule has 14 heavy (non-hydrogen) atoms. The predicted octanol–water partition coefficient (Wildman–Crippen LogP) is 1.46. The molecule has 0 fully saturated rings. The van der Waals surface area contributed by atoms with Gasteiger partial charge in [-0.25, -0.2) is 4.39 Å². The lowest BCUT2D eigenvalue weighted by molar-refractivity contribution is -0.0365. The summed E-state index contributed by atoms with van der Waals surface area (Å²) in [6, 6.07) is 1.45. The normalized spacial score (nSPS) is 15.1. The lowest BCUT2D eigenvalue weighted by Gasteiger charge is -2.23. The van der Waals surface area contributed by atoms with Crippen molar-refractivity contribution in [3.05, 3.63) is 29.8 Å². The molecule has 0 aliphatic carbocycles. The molecule has 1 N–H and O–H groups in total. The van der Waals surface area contributed by atoms with Crippen molar-refractivity contribution in [2.24, 2.45) is 0 Å². The molecule has 0 aliphatic rings. The number of hydrogen-bond donors (Lipinski definition) is 1. The van der Waals surface area contributed by atoms with Gasteiger partial charge in [0.05, 0.1) is 12.8 Å². The average Bonchev–Trinajstić information content (AvgIpc) is 2.15. The quantitative estimate of drug-likeness (QED) is 0.798. The number of nitrogens with zero attached hydrogens (tertiary/aromatic N) is 1. The van der Waals surface area contributed by atoms with Gasteiger partial charge >= 0.3 is 0 Å². The summed E-state index contributed by atoms with van der Waals surface area (Å²) in [6.07, 6.45) is 2.52. The van der Waals surface area contributed by atoms with Crippen molar-refractivity contribution in [1.82, 2.24) is 4.98 Å². The molecule has 0 aromatic carbocycles. The Morgan fingerprint density at radius 1 is 1.64 bits per heavy atom. The van der Waals surface area contributed by atoms with Gasteiger partial charge in [0.25, 0.3) is 0 Å². The molecule has 1 rings (SSSR count). The van der Waals surface area contributed by atoms with Crippen LogP contribution in [0.2, 0.25) is 0 Å². The van der Waals surface area contributed by atoms with Gasteiger partial charge in [-0.15, -0.1) is 0 Å². The van der Waals surface area contributed by atoms with Crippen LogP contribution in [0.3, 0.4) is 0 Å². The minimum absolute atomic E-state index is 0.0738. The van der Waals surface area contributed by atoms with Crippen molar-refractivity contribution in [1.29, 1.82) is 0 Å². The van der Waals surface area contributed by atoms with Crippen molar-refractivity contribution >= 4 is 0 Å². The molecular weight excluding hydrogens is 185 g/mol. The number of rotatable bonds is 4. The first-order valence-electron chi connectivity index (χ1n) is 4.48. The zero-order valence-corrected chi connectivity index (χ0v) is 8.33. The Hall–Kier alpha value is -1.00. The molecule has 0 saturated heterocycles. The minimum Gasteiger partial charge on any atom is -0.383 e. The number of hydrogen-bond acceptors (Lipinski definition) is 3. The topological polar surface area (TPSA) is 42.4 Å². The Labute approximate surface area is 82.5 Å². The van der Waals surface area contributed by atoms with Crippen molar-refractivity contribution in [3.63, 3.8) is 0 Å². The SMILES string of the molecule is CCOCC(C)(O)c1ccncc1F. The van der Waals surface area contributed by atoms with E-state index in [1.807, 2.05) is 6.92 Å². The summed E-state index contributed by atoms with van der Waals surface area (Å²) in [5.41, 5.74) is -1.09. The fraction of sp³-hybridized carbons (Fsp3) is 0.500. The molecule has 78 valence electrons. The summed E-state index contributed by atoms with van der Waals surface area (Å²) >= 11 is 0. The second-order valence-electron chi connectivity index (χ2n) is 3.27. The van der Waals surface area contributed by atoms with Crippen LogP contribution in [-0.4, -0.2) is 23.3 Å². The van der Waals surface area contributed by atoms with Gasteiger partial charge in [0.2, 0.25) is 0 Å². The first-order chi connectivity index (χ1) is 6.58. The molecule has 1 aromatic rings. The molecule has 0 radical (unpaired) electrons. The van der Waals surface area contributed by atoms with Crippen LogP contribution in [0.4, 0.5) is 4.39 Å². The van der Waals surface area contributed by atoms with Crippen LogP contribution in [0.5, 0.6) is 0 Å². The molecule has 1 heterocycles. The molecule has 1 unspecified atom stereocenters. The third-order valence-electron chi connectivity index (χ3n) is 1.94. The number of aromatic nitrogens is 1. The largest absolute Gasteiger partial charge is 0.383 e. The van der Waals surface area contributed by atoms with Crippen molar-refractivity contribution in [2.45, 2.75) is 19.4 Å². The molecule has 0 aliphatic heterocycles. The molecule has 4 heteroatoms. The minimum atomic E-state index is -1.30. The Kier molecular flexibility index (Phi) is 3.55. The van der Waals surface area contributed by atoms with Crippen molar-refractivity contribution in [3.8, 4) is 0 Å². The van der Waals surface area contributed by atoms with E-state index in [0.29, 0.717) is 6.61 Å². The van der Waals surface area contributed by atoms with Crippen LogP contribution < -0.4 is 0 Å². The standard InChI is InChI=1S/C10H14FNO2/c1-3-14-7-10(2,13)8-4-5-12-6-9(8)11/h4-6,13H,3,7H2,1-2H3. The monoisotopic (exact) mass is 199 g/mol. The zero-order valence-electron chi connectivity index (χ0n) is 8.33. The average molecular weight is 199 g/mol. The lowest BCUT2D eigenvalue weighted by Crippen LogP contribution is -2.29. The highest BCUT2D eigenvalue weighted by molar-refractivity contribution is 5.20. The third kappa shape index (κ3) is 2.49. The highest BCUT2D eigenvalue weighted by Crippen LogP contribution is 2.22. The molecule has 3 nitrogen and oxygen atoms in total. The van der Waals surface area contributed by atoms with Crippen molar-refractivity contribution < 1.29 is 14.2 Å². The fourth-order valence-corrected chi connectivity index (χ4v) is 1.19. The van der Waals surface area contributed by atoms with Gasteiger partial charge in [-0.2, -0.15) is 0 Å². The molecular formula is C10H14FNO2. The van der Waals surface area contributed by atoms with Gasteiger partial charge in [0.1, 0.15) is 11.4 Å². The van der Waals surface area contributed by atoms with Crippen LogP contribution in [0.1, 0.15) is 19.4 Å². The molecule has 0 spiro atoms. The number of aliphatic hydroxyl groups is 1. The molecule has 1 aromatic heterocycles. The summed E-state index contributed by atoms with van der Waals surface area (Å²) in [5.74, 6) is -0.516. The van der Waals surface area contributed by atoms with E-state index in [-0.39, 0.29) is 12.2 Å². The first-order valence-corrected chi connectivity index (χ1v) is 4.48. The molecule has 0 amide bonds. The number of halogens is 1. The number of pyridine rings is 1. The summed E-state index contributed by atoms with van der Waals surface area (Å²) in [7, 11) is 0. The second kappa shape index (κ2) is 4.48. The number of ether oxygens (including phenoxy) is 1. The molecule has 0 saturated carbocycles. The van der Waals surface area contributed by atoms with E-state index >= 15 is 0 Å². The molecule has 0 bridgehead atoms. The van der Waals surface area contributed by atoms with Crippen LogP contribution in [0, 0.1) is 5.82 Å². The van der Waals surface area contributed by atoms with E-state index in [1.165, 1.54) is 19.2 Å². The van der Waals surface area contributed by atoms with Crippen molar-refractivity contribution in [2.75, 3.05) is 13.2 Å². The second-order valence-corrected chi connectivity index (χ2v) is 3.27. The van der Waals surface area contributed by atoms with Crippen LogP contribution in [0.25, 0.3) is 0 Å². The Morgan fingerprint density at radius 2 is 2.36 bits per heavy atom. The summed E-state index contributed by atoms with van der Waals surface area (Å²) in [6.45, 7) is 3.90. The van der Waals surface area contributed by atoms with E-state index in [2.05, 4.69) is 4.98 Å². The van der Waals surface area contributed by atoms with Gasteiger partial charge < -0.3 is 9.84 Å². The zero-order chi connectivity index (χ0) is 10.6. The summed E-state index contributed by atoms with van der Waals surface area (Å²) in [4.78, 5) is 3.61. The maximum absolute atomic E-state index is 13.2. The highest BCUT2D eigenvalue weighted by atomic mass is 19.1. The third-order valence-corrected chi connectivity index (χ3v) is 1.94. The maximum Gasteiger partial charge on any atom is 0.147 e. The maximum atomic E-state index is 13.2. The summed E-state index contributed by atoms with van der Waals surface area (Å²) < 4.78 is 18.3. The van der Waals surface area contributed by atoms with E-state index in [1.54, 1.807) is 0 Å². The van der Waals surface area contributed by atoms with Gasteiger partial charge in [-0.05, 0) is 19.9 Å². The summed E-state index contributed by atoms with van der Waals surface area (Å²) in [5, 5.41) is 9.90.